The van der Waals surface area contributed by atoms with Gasteiger partial charge in [0.2, 0.25) is 0 Å². The van der Waals surface area contributed by atoms with E-state index >= 15 is 0 Å². The minimum atomic E-state index is 0.747. The van der Waals surface area contributed by atoms with Crippen LogP contribution >= 0.6 is 71.5 Å². The largest absolute Gasteiger partial charge is 0.107 e. The fraction of sp³-hybridized carbons (Fsp3) is 0.714. The van der Waals surface area contributed by atoms with E-state index in [1.807, 2.05) is 47.0 Å². The van der Waals surface area contributed by atoms with Crippen LogP contribution in [0.15, 0.2) is 0 Å². The van der Waals surface area contributed by atoms with E-state index in [1.54, 1.807) is 0 Å². The summed E-state index contributed by atoms with van der Waals surface area (Å²) in [5.74, 6) is 2.41. The van der Waals surface area contributed by atoms with Gasteiger partial charge in [-0.1, -0.05) is 24.4 Å². The van der Waals surface area contributed by atoms with Crippen molar-refractivity contribution in [2.24, 2.45) is 0 Å². The van der Waals surface area contributed by atoms with Crippen LogP contribution in [0.25, 0.3) is 0 Å². The average molecular weight is 285 g/mol. The molecule has 0 aromatic carbocycles. The van der Waals surface area contributed by atoms with Crippen LogP contribution in [0.3, 0.4) is 0 Å². The van der Waals surface area contributed by atoms with Crippen molar-refractivity contribution >= 4 is 78.5 Å². The highest BCUT2D eigenvalue weighted by Crippen LogP contribution is 2.41. The van der Waals surface area contributed by atoms with Crippen LogP contribution in [0.1, 0.15) is 6.42 Å². The molecule has 0 nitrogen and oxygen atoms in total. The zero-order valence-corrected chi connectivity index (χ0v) is 11.6. The van der Waals surface area contributed by atoms with Crippen LogP contribution < -0.4 is 0 Å². The minimum absolute atomic E-state index is 0.747. The zero-order chi connectivity index (χ0) is 9.26. The van der Waals surface area contributed by atoms with Crippen molar-refractivity contribution in [3.05, 3.63) is 0 Å². The molecule has 6 heteroatoms. The highest BCUT2D eigenvalue weighted by atomic mass is 32.2. The van der Waals surface area contributed by atoms with Crippen molar-refractivity contribution in [3.63, 3.8) is 0 Å². The molecule has 2 atom stereocenters. The van der Waals surface area contributed by atoms with Gasteiger partial charge in [-0.15, -0.1) is 47.0 Å². The third-order valence-corrected chi connectivity index (χ3v) is 8.20. The van der Waals surface area contributed by atoms with Gasteiger partial charge in [0.1, 0.15) is 7.06 Å². The van der Waals surface area contributed by atoms with E-state index in [1.165, 1.54) is 17.9 Å². The van der Waals surface area contributed by atoms with E-state index in [-0.39, 0.29) is 0 Å². The van der Waals surface area contributed by atoms with Gasteiger partial charge in [0.25, 0.3) is 0 Å². The van der Waals surface area contributed by atoms with Gasteiger partial charge in [0.15, 0.2) is 0 Å². The van der Waals surface area contributed by atoms with Gasteiger partial charge in [0.05, 0.1) is 0 Å². The summed E-state index contributed by atoms with van der Waals surface area (Å²) in [7, 11) is 0. The topological polar surface area (TPSA) is 0 Å². The molecule has 0 spiro atoms. The summed E-state index contributed by atoms with van der Waals surface area (Å²) >= 11 is 17.7. The molecule has 2 rings (SSSR count). The molecule has 2 unspecified atom stereocenters. The highest BCUT2D eigenvalue weighted by molar-refractivity contribution is 8.50. The number of hydrogen-bond donors (Lipinski definition) is 0. The Bertz CT molecular complexity index is 213. The van der Waals surface area contributed by atoms with E-state index in [4.69, 9.17) is 24.4 Å². The second kappa shape index (κ2) is 5.07. The zero-order valence-electron chi connectivity index (χ0n) is 6.73. The van der Waals surface area contributed by atoms with Gasteiger partial charge in [-0.2, -0.15) is 0 Å². The molecule has 0 bridgehead atoms. The first-order chi connectivity index (χ1) is 6.24. The summed E-state index contributed by atoms with van der Waals surface area (Å²) in [4.78, 5) is 0. The van der Waals surface area contributed by atoms with Crippen LogP contribution in [0.5, 0.6) is 0 Å². The van der Waals surface area contributed by atoms with E-state index in [0.29, 0.717) is 0 Å². The Hall–Kier alpha value is 1.58. The molecular formula is C7H8S6. The van der Waals surface area contributed by atoms with Crippen LogP contribution in [0.4, 0.5) is 0 Å². The molecule has 0 aliphatic carbocycles. The molecule has 2 heterocycles. The van der Waals surface area contributed by atoms with Gasteiger partial charge < -0.3 is 0 Å². The molecule has 0 aromatic rings. The molecule has 13 heavy (non-hydrogen) atoms. The summed E-state index contributed by atoms with van der Waals surface area (Å²) in [6.07, 6.45) is 1.27. The summed E-state index contributed by atoms with van der Waals surface area (Å²) in [6, 6.07) is 0. The lowest BCUT2D eigenvalue weighted by Gasteiger charge is -2.10. The summed E-state index contributed by atoms with van der Waals surface area (Å²) < 4.78 is 2.26. The maximum absolute atomic E-state index is 5.15. The Morgan fingerprint density at radius 3 is 1.77 bits per heavy atom. The molecule has 2 aliphatic rings. The SMILES string of the molecule is S=C1SCC(CC2CSC(=S)S2)S1. The predicted octanol–water partition coefficient (Wildman–Crippen LogP) is 3.64. The van der Waals surface area contributed by atoms with Crippen molar-refractivity contribution < 1.29 is 0 Å². The first-order valence-corrected chi connectivity index (χ1v) is 8.45. The second-order valence-corrected chi connectivity index (χ2v) is 9.89. The molecule has 0 saturated carbocycles. The molecule has 72 valence electrons. The summed E-state index contributed by atoms with van der Waals surface area (Å²) in [5.41, 5.74) is 0. The third-order valence-electron chi connectivity index (χ3n) is 1.83. The first-order valence-electron chi connectivity index (χ1n) is 3.91. The summed E-state index contributed by atoms with van der Waals surface area (Å²) in [6.45, 7) is 0. The van der Waals surface area contributed by atoms with Gasteiger partial charge >= 0.3 is 0 Å². The number of rotatable bonds is 2. The number of thioether (sulfide) groups is 4. The Kier molecular flexibility index (Phi) is 4.32. The summed E-state index contributed by atoms with van der Waals surface area (Å²) in [5, 5.41) is 1.49. The molecule has 2 saturated heterocycles. The molecule has 0 radical (unpaired) electrons. The van der Waals surface area contributed by atoms with E-state index in [9.17, 15) is 0 Å². The van der Waals surface area contributed by atoms with Gasteiger partial charge in [-0.05, 0) is 6.42 Å². The van der Waals surface area contributed by atoms with Crippen molar-refractivity contribution in [1.29, 1.82) is 0 Å². The van der Waals surface area contributed by atoms with Crippen molar-refractivity contribution in [1.82, 2.24) is 0 Å². The van der Waals surface area contributed by atoms with Gasteiger partial charge in [0, 0.05) is 22.0 Å². The Labute approximate surface area is 106 Å². The number of hydrogen-bond acceptors (Lipinski definition) is 6. The van der Waals surface area contributed by atoms with Crippen LogP contribution in [0, 0.1) is 0 Å². The fourth-order valence-electron chi connectivity index (χ4n) is 1.26. The van der Waals surface area contributed by atoms with Gasteiger partial charge in [-0.3, -0.25) is 0 Å². The quantitative estimate of drug-likeness (QED) is 0.705. The second-order valence-electron chi connectivity index (χ2n) is 2.84. The van der Waals surface area contributed by atoms with E-state index < -0.39 is 0 Å². The monoisotopic (exact) mass is 284 g/mol. The lowest BCUT2D eigenvalue weighted by Crippen LogP contribution is -2.11. The predicted molar refractivity (Wildman–Crippen MR) is 77.5 cm³/mol. The molecule has 0 aromatic heterocycles. The van der Waals surface area contributed by atoms with E-state index in [0.717, 1.165) is 17.6 Å². The molecule has 0 amide bonds. The molecule has 2 aliphatic heterocycles. The average Bonchev–Trinajstić information content (AvgIpc) is 2.62. The van der Waals surface area contributed by atoms with Crippen molar-refractivity contribution in [2.45, 2.75) is 16.9 Å². The normalized spacial score (nSPS) is 34.5. The van der Waals surface area contributed by atoms with Crippen LogP contribution in [-0.4, -0.2) is 29.1 Å². The molecular weight excluding hydrogens is 276 g/mol. The highest BCUT2D eigenvalue weighted by Gasteiger charge is 2.28. The number of thiocarbonyl (C=S) groups is 2. The maximum atomic E-state index is 5.15. The maximum Gasteiger partial charge on any atom is 0.104 e. The van der Waals surface area contributed by atoms with E-state index in [2.05, 4.69) is 0 Å². The van der Waals surface area contributed by atoms with Crippen LogP contribution in [-0.2, 0) is 0 Å². The standard InChI is InChI=1S/C7H8S6/c8-6-10-2-4(12-6)1-5-3-11-7(9)13-5/h4-5H,1-3H2. The Morgan fingerprint density at radius 2 is 1.46 bits per heavy atom. The molecule has 2 fully saturated rings. The third kappa shape index (κ3) is 3.28. The Balaban J connectivity index is 1.78. The Morgan fingerprint density at radius 1 is 1.00 bits per heavy atom. The first kappa shape index (κ1) is 11.1. The van der Waals surface area contributed by atoms with Crippen LogP contribution in [0.2, 0.25) is 0 Å². The lowest BCUT2D eigenvalue weighted by molar-refractivity contribution is 0.828. The van der Waals surface area contributed by atoms with Crippen molar-refractivity contribution in [2.75, 3.05) is 11.5 Å². The smallest absolute Gasteiger partial charge is 0.104 e. The van der Waals surface area contributed by atoms with Crippen molar-refractivity contribution in [3.8, 4) is 0 Å². The molecule has 0 N–H and O–H groups in total. The van der Waals surface area contributed by atoms with Gasteiger partial charge in [-0.25, -0.2) is 0 Å². The lowest BCUT2D eigenvalue weighted by atomic mass is 10.2. The minimum Gasteiger partial charge on any atom is -0.107 e. The fourth-order valence-corrected chi connectivity index (χ4v) is 7.44.